The summed E-state index contributed by atoms with van der Waals surface area (Å²) in [5.74, 6) is 1.83. The summed E-state index contributed by atoms with van der Waals surface area (Å²) in [4.78, 5) is 14.7. The van der Waals surface area contributed by atoms with Crippen LogP contribution in [0, 0.1) is 0 Å². The van der Waals surface area contributed by atoms with Crippen molar-refractivity contribution in [2.75, 3.05) is 0 Å². The van der Waals surface area contributed by atoms with Gasteiger partial charge >= 0.3 is 0 Å². The van der Waals surface area contributed by atoms with E-state index in [4.69, 9.17) is 23.8 Å². The second kappa shape index (κ2) is 11.4. The standard InChI is InChI=1S/C45H27N3O2/c1-4-13-28(14-5-1)32-19-12-24-38-40(32)37-23-11-22-36(42(37)49-38)35-21-10-20-34-33-26-25-31(27-39(33)50-41(34)35)45-47-43(29-15-6-2-7-16-29)46-44(48-45)30-17-8-3-9-18-30/h1-27H. The second-order valence-electron chi connectivity index (χ2n) is 12.4. The molecule has 5 nitrogen and oxygen atoms in total. The van der Waals surface area contributed by atoms with Crippen LogP contribution in [-0.4, -0.2) is 15.0 Å². The topological polar surface area (TPSA) is 65.0 Å². The van der Waals surface area contributed by atoms with Crippen LogP contribution in [0.25, 0.3) is 100 Å². The Morgan fingerprint density at radius 2 is 0.820 bits per heavy atom. The monoisotopic (exact) mass is 641 g/mol. The van der Waals surface area contributed by atoms with Crippen LogP contribution in [-0.2, 0) is 0 Å². The minimum Gasteiger partial charge on any atom is -0.455 e. The van der Waals surface area contributed by atoms with Crippen molar-refractivity contribution in [3.05, 3.63) is 164 Å². The highest BCUT2D eigenvalue weighted by atomic mass is 16.3. The average Bonchev–Trinajstić information content (AvgIpc) is 3.77. The number of fused-ring (bicyclic) bond motifs is 6. The molecular formula is C45H27N3O2. The summed E-state index contributed by atoms with van der Waals surface area (Å²) < 4.78 is 13.4. The largest absolute Gasteiger partial charge is 0.455 e. The van der Waals surface area contributed by atoms with Gasteiger partial charge in [-0.3, -0.25) is 0 Å². The Morgan fingerprint density at radius 1 is 0.320 bits per heavy atom. The summed E-state index contributed by atoms with van der Waals surface area (Å²) in [5, 5.41) is 4.24. The quantitative estimate of drug-likeness (QED) is 0.187. The second-order valence-corrected chi connectivity index (χ2v) is 12.4. The molecule has 0 aliphatic carbocycles. The lowest BCUT2D eigenvalue weighted by atomic mass is 9.97. The predicted octanol–water partition coefficient (Wildman–Crippen LogP) is 12.0. The van der Waals surface area contributed by atoms with Crippen molar-refractivity contribution in [3.63, 3.8) is 0 Å². The molecule has 0 amide bonds. The van der Waals surface area contributed by atoms with Crippen LogP contribution in [0.4, 0.5) is 0 Å². The van der Waals surface area contributed by atoms with Crippen LogP contribution >= 0.6 is 0 Å². The molecule has 0 bridgehead atoms. The maximum absolute atomic E-state index is 6.73. The fourth-order valence-corrected chi connectivity index (χ4v) is 7.01. The van der Waals surface area contributed by atoms with E-state index in [1.807, 2.05) is 78.9 Å². The molecule has 3 heterocycles. The highest BCUT2D eigenvalue weighted by Crippen LogP contribution is 2.43. The number of hydrogen-bond acceptors (Lipinski definition) is 5. The van der Waals surface area contributed by atoms with Crippen LogP contribution in [0.15, 0.2) is 173 Å². The zero-order chi connectivity index (χ0) is 33.0. The SMILES string of the molecule is c1ccc(-c2nc(-c3ccccc3)nc(-c3ccc4c(c3)oc3c(-c5cccc6c5oc5cccc(-c7ccccc7)c56)cccc34)n2)cc1. The van der Waals surface area contributed by atoms with Gasteiger partial charge in [0.15, 0.2) is 17.5 Å². The molecule has 5 heteroatoms. The summed E-state index contributed by atoms with van der Waals surface area (Å²) in [5.41, 5.74) is 10.2. The Morgan fingerprint density at radius 3 is 1.46 bits per heavy atom. The van der Waals surface area contributed by atoms with Gasteiger partial charge in [-0.2, -0.15) is 0 Å². The molecule has 0 saturated carbocycles. The van der Waals surface area contributed by atoms with E-state index in [-0.39, 0.29) is 0 Å². The first-order valence-corrected chi connectivity index (χ1v) is 16.6. The van der Waals surface area contributed by atoms with Crippen LogP contribution < -0.4 is 0 Å². The first-order valence-electron chi connectivity index (χ1n) is 16.6. The van der Waals surface area contributed by atoms with Crippen molar-refractivity contribution >= 4 is 43.9 Å². The van der Waals surface area contributed by atoms with Crippen LogP contribution in [0.3, 0.4) is 0 Å². The van der Waals surface area contributed by atoms with Crippen molar-refractivity contribution in [3.8, 4) is 56.4 Å². The Balaban J connectivity index is 1.14. The predicted molar refractivity (Wildman–Crippen MR) is 202 cm³/mol. The zero-order valence-corrected chi connectivity index (χ0v) is 26.7. The van der Waals surface area contributed by atoms with Crippen LogP contribution in [0.5, 0.6) is 0 Å². The number of furan rings is 2. The Bertz CT molecular complexity index is 2800. The fraction of sp³-hybridized carbons (Fsp3) is 0. The first-order chi connectivity index (χ1) is 24.8. The number of aromatic nitrogens is 3. The lowest BCUT2D eigenvalue weighted by Gasteiger charge is -2.08. The molecule has 0 N–H and O–H groups in total. The molecule has 0 aliphatic rings. The Hall–Kier alpha value is -6.85. The van der Waals surface area contributed by atoms with Gasteiger partial charge in [-0.1, -0.05) is 146 Å². The van der Waals surface area contributed by atoms with Crippen molar-refractivity contribution in [2.45, 2.75) is 0 Å². The zero-order valence-electron chi connectivity index (χ0n) is 26.7. The van der Waals surface area contributed by atoms with E-state index >= 15 is 0 Å². The highest BCUT2D eigenvalue weighted by molar-refractivity contribution is 6.18. The molecule has 10 rings (SSSR count). The van der Waals surface area contributed by atoms with E-state index in [2.05, 4.69) is 84.9 Å². The molecule has 7 aromatic carbocycles. The third-order valence-corrected chi connectivity index (χ3v) is 9.35. The molecule has 50 heavy (non-hydrogen) atoms. The molecule has 0 saturated heterocycles. The minimum atomic E-state index is 0.585. The third kappa shape index (κ3) is 4.60. The summed E-state index contributed by atoms with van der Waals surface area (Å²) in [6.45, 7) is 0. The summed E-state index contributed by atoms with van der Waals surface area (Å²) in [6.07, 6.45) is 0. The van der Waals surface area contributed by atoms with E-state index in [0.717, 1.165) is 82.8 Å². The van der Waals surface area contributed by atoms with Gasteiger partial charge in [-0.15, -0.1) is 0 Å². The van der Waals surface area contributed by atoms with Gasteiger partial charge in [-0.05, 0) is 29.3 Å². The molecule has 0 fully saturated rings. The van der Waals surface area contributed by atoms with Gasteiger partial charge < -0.3 is 8.83 Å². The Kier molecular flexibility index (Phi) is 6.42. The third-order valence-electron chi connectivity index (χ3n) is 9.35. The summed E-state index contributed by atoms with van der Waals surface area (Å²) >= 11 is 0. The number of nitrogens with zero attached hydrogens (tertiary/aromatic N) is 3. The molecule has 0 spiro atoms. The number of para-hydroxylation sites is 2. The van der Waals surface area contributed by atoms with Gasteiger partial charge in [0, 0.05) is 49.4 Å². The number of benzene rings is 7. The molecule has 0 atom stereocenters. The van der Waals surface area contributed by atoms with Gasteiger partial charge in [0.05, 0.1) is 0 Å². The molecule has 0 radical (unpaired) electrons. The molecule has 3 aromatic heterocycles. The van der Waals surface area contributed by atoms with Crippen molar-refractivity contribution in [1.82, 2.24) is 15.0 Å². The van der Waals surface area contributed by atoms with Gasteiger partial charge in [0.25, 0.3) is 0 Å². The minimum absolute atomic E-state index is 0.585. The fourth-order valence-electron chi connectivity index (χ4n) is 7.01. The highest BCUT2D eigenvalue weighted by Gasteiger charge is 2.20. The maximum Gasteiger partial charge on any atom is 0.164 e. The lowest BCUT2D eigenvalue weighted by Crippen LogP contribution is -2.00. The normalized spacial score (nSPS) is 11.6. The smallest absolute Gasteiger partial charge is 0.164 e. The van der Waals surface area contributed by atoms with E-state index in [9.17, 15) is 0 Å². The van der Waals surface area contributed by atoms with Gasteiger partial charge in [0.1, 0.15) is 22.3 Å². The van der Waals surface area contributed by atoms with E-state index in [1.165, 1.54) is 0 Å². The van der Waals surface area contributed by atoms with Gasteiger partial charge in [0.2, 0.25) is 0 Å². The van der Waals surface area contributed by atoms with Crippen LogP contribution in [0.2, 0.25) is 0 Å². The van der Waals surface area contributed by atoms with E-state index in [1.54, 1.807) is 0 Å². The van der Waals surface area contributed by atoms with Crippen molar-refractivity contribution in [2.24, 2.45) is 0 Å². The molecule has 0 aliphatic heterocycles. The first kappa shape index (κ1) is 28.2. The summed E-state index contributed by atoms with van der Waals surface area (Å²) in [7, 11) is 0. The molecule has 0 unspecified atom stereocenters. The number of rotatable bonds is 5. The summed E-state index contributed by atoms with van der Waals surface area (Å²) in [6, 6.07) is 55.6. The Labute approximate surface area is 287 Å². The van der Waals surface area contributed by atoms with E-state index in [0.29, 0.717) is 17.5 Å². The van der Waals surface area contributed by atoms with Crippen molar-refractivity contribution in [1.29, 1.82) is 0 Å². The molecular weight excluding hydrogens is 615 g/mol. The average molecular weight is 642 g/mol. The van der Waals surface area contributed by atoms with Crippen LogP contribution in [0.1, 0.15) is 0 Å². The molecule has 10 aromatic rings. The lowest BCUT2D eigenvalue weighted by molar-refractivity contribution is 0.665. The maximum atomic E-state index is 6.73. The molecule has 234 valence electrons. The van der Waals surface area contributed by atoms with Crippen molar-refractivity contribution < 1.29 is 8.83 Å². The van der Waals surface area contributed by atoms with E-state index < -0.39 is 0 Å². The number of hydrogen-bond donors (Lipinski definition) is 0. The van der Waals surface area contributed by atoms with Gasteiger partial charge in [-0.25, -0.2) is 15.0 Å².